The van der Waals surface area contributed by atoms with E-state index in [1.807, 2.05) is 4.98 Å². The third kappa shape index (κ3) is 1.71. The number of aromatic nitrogens is 2. The number of aromatic amines is 1. The highest BCUT2D eigenvalue weighted by molar-refractivity contribution is 5.96. The Kier molecular flexibility index (Phi) is 2.30. The molecule has 0 radical (unpaired) electrons. The van der Waals surface area contributed by atoms with Crippen LogP contribution < -0.4 is 17.0 Å². The molecule has 86 valence electrons. The van der Waals surface area contributed by atoms with Crippen molar-refractivity contribution in [2.45, 2.75) is 19.4 Å². The molecule has 7 heteroatoms. The van der Waals surface area contributed by atoms with Crippen LogP contribution in [0.15, 0.2) is 9.59 Å². The van der Waals surface area contributed by atoms with Crippen LogP contribution >= 0.6 is 0 Å². The monoisotopic (exact) mass is 224 g/mol. The van der Waals surface area contributed by atoms with E-state index in [0.717, 1.165) is 17.4 Å². The van der Waals surface area contributed by atoms with Crippen molar-refractivity contribution in [2.75, 3.05) is 0 Å². The standard InChI is InChI=1S/C9H12N4O3/c10-6(11)5-7(14)12-9(16)13(8(5)15)3-4-1-2-4/h4,15H,1-3H2,(H3,10,11)(H,12,14,16). The van der Waals surface area contributed by atoms with Crippen LogP contribution in [0, 0.1) is 11.3 Å². The van der Waals surface area contributed by atoms with E-state index < -0.39 is 23.0 Å². The molecule has 0 aliphatic heterocycles. The smallest absolute Gasteiger partial charge is 0.331 e. The number of nitrogens with zero attached hydrogens (tertiary/aromatic N) is 1. The summed E-state index contributed by atoms with van der Waals surface area (Å²) >= 11 is 0. The van der Waals surface area contributed by atoms with Crippen LogP contribution in [0.5, 0.6) is 5.88 Å². The maximum atomic E-state index is 11.4. The van der Waals surface area contributed by atoms with Gasteiger partial charge in [0.2, 0.25) is 5.88 Å². The summed E-state index contributed by atoms with van der Waals surface area (Å²) in [5.41, 5.74) is 3.32. The number of amidine groups is 1. The molecule has 2 rings (SSSR count). The van der Waals surface area contributed by atoms with E-state index in [1.54, 1.807) is 0 Å². The van der Waals surface area contributed by atoms with Crippen molar-refractivity contribution in [3.8, 4) is 5.88 Å². The van der Waals surface area contributed by atoms with Crippen molar-refractivity contribution in [3.05, 3.63) is 26.4 Å². The van der Waals surface area contributed by atoms with Crippen molar-refractivity contribution in [1.29, 1.82) is 5.41 Å². The second kappa shape index (κ2) is 3.51. The molecular weight excluding hydrogens is 212 g/mol. The Bertz CT molecular complexity index is 553. The molecule has 1 saturated carbocycles. The minimum absolute atomic E-state index is 0.347. The summed E-state index contributed by atoms with van der Waals surface area (Å²) in [5.74, 6) is -0.717. The molecule has 1 fully saturated rings. The van der Waals surface area contributed by atoms with Crippen LogP contribution in [0.2, 0.25) is 0 Å². The summed E-state index contributed by atoms with van der Waals surface area (Å²) in [5, 5.41) is 16.9. The molecule has 1 aromatic rings. The van der Waals surface area contributed by atoms with E-state index in [9.17, 15) is 14.7 Å². The lowest BCUT2D eigenvalue weighted by Crippen LogP contribution is -2.35. The Morgan fingerprint density at radius 1 is 1.56 bits per heavy atom. The van der Waals surface area contributed by atoms with Crippen LogP contribution in [0.4, 0.5) is 0 Å². The van der Waals surface area contributed by atoms with Gasteiger partial charge in [-0.25, -0.2) is 4.79 Å². The van der Waals surface area contributed by atoms with Gasteiger partial charge in [-0.15, -0.1) is 0 Å². The zero-order chi connectivity index (χ0) is 11.9. The number of hydrogen-bond donors (Lipinski definition) is 4. The molecule has 1 aliphatic rings. The fraction of sp³-hybridized carbons (Fsp3) is 0.444. The third-order valence-corrected chi connectivity index (χ3v) is 2.58. The first kappa shape index (κ1) is 10.5. The Balaban J connectivity index is 2.59. The number of H-pyrrole nitrogens is 1. The van der Waals surface area contributed by atoms with Crippen molar-refractivity contribution in [2.24, 2.45) is 11.7 Å². The minimum Gasteiger partial charge on any atom is -0.494 e. The van der Waals surface area contributed by atoms with E-state index >= 15 is 0 Å². The maximum absolute atomic E-state index is 11.4. The molecule has 0 amide bonds. The number of nitrogens with one attached hydrogen (secondary N) is 2. The first-order chi connectivity index (χ1) is 7.50. The van der Waals surface area contributed by atoms with Crippen LogP contribution in [0.25, 0.3) is 0 Å². The lowest BCUT2D eigenvalue weighted by molar-refractivity contribution is 0.391. The molecule has 1 heterocycles. The first-order valence-corrected chi connectivity index (χ1v) is 4.91. The topological polar surface area (TPSA) is 125 Å². The van der Waals surface area contributed by atoms with Crippen molar-refractivity contribution < 1.29 is 5.11 Å². The second-order valence-electron chi connectivity index (χ2n) is 3.93. The number of nitrogen functional groups attached to an aromatic ring is 1. The van der Waals surface area contributed by atoms with Gasteiger partial charge in [0.25, 0.3) is 5.56 Å². The highest BCUT2D eigenvalue weighted by Crippen LogP contribution is 2.31. The molecule has 16 heavy (non-hydrogen) atoms. The highest BCUT2D eigenvalue weighted by atomic mass is 16.3. The molecule has 1 aliphatic carbocycles. The number of nitrogens with two attached hydrogens (primary N) is 1. The van der Waals surface area contributed by atoms with Gasteiger partial charge in [-0.3, -0.25) is 19.8 Å². The van der Waals surface area contributed by atoms with Gasteiger partial charge >= 0.3 is 5.69 Å². The second-order valence-corrected chi connectivity index (χ2v) is 3.93. The fourth-order valence-electron chi connectivity index (χ4n) is 1.53. The summed E-state index contributed by atoms with van der Waals surface area (Å²) in [6, 6.07) is 0. The fourth-order valence-corrected chi connectivity index (χ4v) is 1.53. The van der Waals surface area contributed by atoms with Crippen molar-refractivity contribution in [3.63, 3.8) is 0 Å². The van der Waals surface area contributed by atoms with E-state index in [-0.39, 0.29) is 5.56 Å². The number of rotatable bonds is 3. The summed E-state index contributed by atoms with van der Waals surface area (Å²) < 4.78 is 1.05. The average molecular weight is 224 g/mol. The van der Waals surface area contributed by atoms with Gasteiger partial charge in [0.15, 0.2) is 0 Å². The highest BCUT2D eigenvalue weighted by Gasteiger charge is 2.25. The molecule has 0 saturated heterocycles. The van der Waals surface area contributed by atoms with Gasteiger partial charge in [0.1, 0.15) is 11.4 Å². The normalized spacial score (nSPS) is 15.0. The molecule has 5 N–H and O–H groups in total. The number of hydrogen-bond acceptors (Lipinski definition) is 4. The van der Waals surface area contributed by atoms with Crippen molar-refractivity contribution >= 4 is 5.84 Å². The Labute approximate surface area is 90.0 Å². The van der Waals surface area contributed by atoms with Gasteiger partial charge in [-0.05, 0) is 18.8 Å². The zero-order valence-corrected chi connectivity index (χ0v) is 8.49. The molecular formula is C9H12N4O3. The maximum Gasteiger partial charge on any atom is 0.331 e. The SMILES string of the molecule is N=C(N)c1c(O)n(CC2CC2)c(=O)[nH]c1=O. The van der Waals surface area contributed by atoms with E-state index in [1.165, 1.54) is 0 Å². The van der Waals surface area contributed by atoms with Crippen LogP contribution in [-0.4, -0.2) is 20.5 Å². The predicted octanol–water partition coefficient (Wildman–Crippen LogP) is -1.06. The number of aromatic hydroxyl groups is 1. The quantitative estimate of drug-likeness (QED) is 0.385. The van der Waals surface area contributed by atoms with Gasteiger partial charge < -0.3 is 10.8 Å². The van der Waals surface area contributed by atoms with Crippen LogP contribution in [-0.2, 0) is 6.54 Å². The lowest BCUT2D eigenvalue weighted by atomic mass is 10.3. The molecule has 0 unspecified atom stereocenters. The molecule has 0 bridgehead atoms. The van der Waals surface area contributed by atoms with Gasteiger partial charge in [0.05, 0.1) is 0 Å². The third-order valence-electron chi connectivity index (χ3n) is 2.58. The van der Waals surface area contributed by atoms with Gasteiger partial charge in [-0.1, -0.05) is 0 Å². The molecule has 0 aromatic carbocycles. The average Bonchev–Trinajstić information content (AvgIpc) is 2.94. The molecule has 7 nitrogen and oxygen atoms in total. The lowest BCUT2D eigenvalue weighted by Gasteiger charge is -2.09. The molecule has 0 atom stereocenters. The van der Waals surface area contributed by atoms with E-state index in [2.05, 4.69) is 0 Å². The Morgan fingerprint density at radius 3 is 2.69 bits per heavy atom. The van der Waals surface area contributed by atoms with E-state index in [4.69, 9.17) is 11.1 Å². The molecule has 0 spiro atoms. The summed E-state index contributed by atoms with van der Waals surface area (Å²) in [7, 11) is 0. The van der Waals surface area contributed by atoms with Crippen LogP contribution in [0.1, 0.15) is 18.4 Å². The van der Waals surface area contributed by atoms with E-state index in [0.29, 0.717) is 12.5 Å². The van der Waals surface area contributed by atoms with Gasteiger partial charge in [-0.2, -0.15) is 0 Å². The first-order valence-electron chi connectivity index (χ1n) is 4.91. The minimum atomic E-state index is -0.831. The predicted molar refractivity (Wildman–Crippen MR) is 56.7 cm³/mol. The summed E-state index contributed by atoms with van der Waals surface area (Å²) in [6.45, 7) is 0.349. The Hall–Kier alpha value is -2.05. The summed E-state index contributed by atoms with van der Waals surface area (Å²) in [4.78, 5) is 24.8. The Morgan fingerprint density at radius 2 is 2.19 bits per heavy atom. The van der Waals surface area contributed by atoms with Gasteiger partial charge in [0, 0.05) is 6.54 Å². The van der Waals surface area contributed by atoms with Crippen LogP contribution in [0.3, 0.4) is 0 Å². The van der Waals surface area contributed by atoms with Crippen molar-refractivity contribution in [1.82, 2.24) is 9.55 Å². The largest absolute Gasteiger partial charge is 0.494 e. The summed E-state index contributed by atoms with van der Waals surface area (Å²) in [6.07, 6.45) is 2.00. The zero-order valence-electron chi connectivity index (χ0n) is 8.49. The molecule has 1 aromatic heterocycles.